The van der Waals surface area contributed by atoms with E-state index in [1.807, 2.05) is 48.9 Å². The largest absolute Gasteiger partial charge is 0.465 e. The molecule has 0 spiro atoms. The number of carbonyl (C=O) groups is 1. The quantitative estimate of drug-likeness (QED) is 0.231. The Morgan fingerprint density at radius 2 is 1.76 bits per heavy atom. The van der Waals surface area contributed by atoms with Crippen molar-refractivity contribution < 1.29 is 9.53 Å². The van der Waals surface area contributed by atoms with Gasteiger partial charge in [0.25, 0.3) is 0 Å². The van der Waals surface area contributed by atoms with Crippen molar-refractivity contribution in [2.75, 3.05) is 11.9 Å². The van der Waals surface area contributed by atoms with Crippen LogP contribution in [0.4, 0.5) is 11.4 Å². The molecule has 0 fully saturated rings. The van der Waals surface area contributed by atoms with Crippen LogP contribution in [-0.4, -0.2) is 22.1 Å². The second-order valence-electron chi connectivity index (χ2n) is 8.93. The molecule has 0 amide bonds. The van der Waals surface area contributed by atoms with Gasteiger partial charge in [0.05, 0.1) is 24.4 Å². The standard InChI is InChI=1S/C28H31N3O2/c1-4-5-18-33-27(32)28(2,3)26(31-17-16-29-20-31)22-11-13-24(14-12-22)30-25-15-10-21-8-6-7-9-23(21)19-25/h6-17,19-20,26,30H,4-5,18H2,1-3H3. The molecule has 1 heterocycles. The number of carbonyl (C=O) groups excluding carboxylic acids is 1. The molecule has 33 heavy (non-hydrogen) atoms. The molecule has 0 aliphatic carbocycles. The number of hydrogen-bond acceptors (Lipinski definition) is 4. The second-order valence-corrected chi connectivity index (χ2v) is 8.93. The van der Waals surface area contributed by atoms with E-state index in [-0.39, 0.29) is 12.0 Å². The summed E-state index contributed by atoms with van der Waals surface area (Å²) in [6, 6.07) is 22.7. The number of unbranched alkanes of at least 4 members (excludes halogenated alkanes) is 1. The maximum Gasteiger partial charge on any atom is 0.313 e. The first-order chi connectivity index (χ1) is 16.0. The van der Waals surface area contributed by atoms with Gasteiger partial charge in [0.2, 0.25) is 0 Å². The minimum Gasteiger partial charge on any atom is -0.465 e. The molecule has 4 rings (SSSR count). The summed E-state index contributed by atoms with van der Waals surface area (Å²) in [5, 5.41) is 5.90. The second kappa shape index (κ2) is 9.90. The number of rotatable bonds is 9. The zero-order chi connectivity index (χ0) is 23.3. The Labute approximate surface area is 195 Å². The van der Waals surface area contributed by atoms with Crippen molar-refractivity contribution in [3.05, 3.63) is 91.0 Å². The van der Waals surface area contributed by atoms with Crippen LogP contribution in [0.5, 0.6) is 0 Å². The fourth-order valence-electron chi connectivity index (χ4n) is 4.17. The molecule has 0 aliphatic heterocycles. The van der Waals surface area contributed by atoms with Crippen molar-refractivity contribution in [3.63, 3.8) is 0 Å². The molecule has 5 heteroatoms. The van der Waals surface area contributed by atoms with Gasteiger partial charge in [-0.3, -0.25) is 4.79 Å². The SMILES string of the molecule is CCCCOC(=O)C(C)(C)C(c1ccc(Nc2ccc3ccccc3c2)cc1)n1ccnc1. The van der Waals surface area contributed by atoms with E-state index in [1.54, 1.807) is 12.5 Å². The van der Waals surface area contributed by atoms with E-state index in [4.69, 9.17) is 4.74 Å². The van der Waals surface area contributed by atoms with Gasteiger partial charge >= 0.3 is 5.97 Å². The molecule has 0 radical (unpaired) electrons. The zero-order valence-corrected chi connectivity index (χ0v) is 19.5. The number of nitrogens with zero attached hydrogens (tertiary/aromatic N) is 2. The minimum absolute atomic E-state index is 0.201. The van der Waals surface area contributed by atoms with Crippen LogP contribution in [0.3, 0.4) is 0 Å². The van der Waals surface area contributed by atoms with Crippen LogP contribution in [0, 0.1) is 5.41 Å². The summed E-state index contributed by atoms with van der Waals surface area (Å²) in [5.41, 5.74) is 2.28. The smallest absolute Gasteiger partial charge is 0.313 e. The average Bonchev–Trinajstić information content (AvgIpc) is 3.34. The van der Waals surface area contributed by atoms with Crippen molar-refractivity contribution in [1.29, 1.82) is 0 Å². The summed E-state index contributed by atoms with van der Waals surface area (Å²) in [7, 11) is 0. The monoisotopic (exact) mass is 441 g/mol. The van der Waals surface area contributed by atoms with Gasteiger partial charge in [-0.05, 0) is 60.9 Å². The molecular weight excluding hydrogens is 410 g/mol. The highest BCUT2D eigenvalue weighted by Crippen LogP contribution is 2.38. The highest BCUT2D eigenvalue weighted by molar-refractivity contribution is 5.86. The van der Waals surface area contributed by atoms with Crippen molar-refractivity contribution >= 4 is 28.1 Å². The molecular formula is C28H31N3O2. The first-order valence-corrected chi connectivity index (χ1v) is 11.5. The number of nitrogens with one attached hydrogen (secondary N) is 1. The molecule has 1 N–H and O–H groups in total. The van der Waals surface area contributed by atoms with Crippen LogP contribution in [0.15, 0.2) is 85.5 Å². The van der Waals surface area contributed by atoms with E-state index in [1.165, 1.54) is 10.8 Å². The fourth-order valence-corrected chi connectivity index (χ4v) is 4.17. The molecule has 0 saturated heterocycles. The Balaban J connectivity index is 1.57. The molecule has 5 nitrogen and oxygen atoms in total. The fraction of sp³-hybridized carbons (Fsp3) is 0.286. The molecule has 3 aromatic carbocycles. The average molecular weight is 442 g/mol. The number of benzene rings is 3. The highest BCUT2D eigenvalue weighted by Gasteiger charge is 2.40. The number of esters is 1. The van der Waals surface area contributed by atoms with Gasteiger partial charge < -0.3 is 14.6 Å². The lowest BCUT2D eigenvalue weighted by atomic mass is 9.80. The Morgan fingerprint density at radius 1 is 1.03 bits per heavy atom. The highest BCUT2D eigenvalue weighted by atomic mass is 16.5. The summed E-state index contributed by atoms with van der Waals surface area (Å²) >= 11 is 0. The summed E-state index contributed by atoms with van der Waals surface area (Å²) in [6.45, 7) is 6.41. The third-order valence-electron chi connectivity index (χ3n) is 6.03. The Morgan fingerprint density at radius 3 is 2.45 bits per heavy atom. The van der Waals surface area contributed by atoms with Gasteiger partial charge in [0.15, 0.2) is 0 Å². The number of imidazole rings is 1. The topological polar surface area (TPSA) is 56.1 Å². The van der Waals surface area contributed by atoms with Crippen molar-refractivity contribution in [3.8, 4) is 0 Å². The molecule has 1 unspecified atom stereocenters. The van der Waals surface area contributed by atoms with Crippen LogP contribution < -0.4 is 5.32 Å². The minimum atomic E-state index is -0.762. The van der Waals surface area contributed by atoms with Gasteiger partial charge in [0.1, 0.15) is 0 Å². The first-order valence-electron chi connectivity index (χ1n) is 11.5. The van der Waals surface area contributed by atoms with Gasteiger partial charge in [-0.15, -0.1) is 0 Å². The lowest BCUT2D eigenvalue weighted by Crippen LogP contribution is -2.37. The summed E-state index contributed by atoms with van der Waals surface area (Å²) < 4.78 is 7.58. The number of fused-ring (bicyclic) bond motifs is 1. The van der Waals surface area contributed by atoms with E-state index >= 15 is 0 Å². The predicted molar refractivity (Wildman–Crippen MR) is 134 cm³/mol. The third kappa shape index (κ3) is 5.08. The molecule has 4 aromatic rings. The van der Waals surface area contributed by atoms with E-state index < -0.39 is 5.41 Å². The molecule has 1 atom stereocenters. The lowest BCUT2D eigenvalue weighted by Gasteiger charge is -2.33. The number of ether oxygens (including phenoxy) is 1. The van der Waals surface area contributed by atoms with Crippen LogP contribution in [0.25, 0.3) is 10.8 Å². The summed E-state index contributed by atoms with van der Waals surface area (Å²) in [5.74, 6) is -0.201. The Hall–Kier alpha value is -3.60. The van der Waals surface area contributed by atoms with E-state index in [0.29, 0.717) is 6.61 Å². The van der Waals surface area contributed by atoms with Gasteiger partial charge in [-0.2, -0.15) is 0 Å². The molecule has 170 valence electrons. The van der Waals surface area contributed by atoms with Gasteiger partial charge in [-0.1, -0.05) is 55.8 Å². The number of aromatic nitrogens is 2. The van der Waals surface area contributed by atoms with Gasteiger partial charge in [-0.25, -0.2) is 4.98 Å². The summed E-state index contributed by atoms with van der Waals surface area (Å²) in [4.78, 5) is 17.2. The lowest BCUT2D eigenvalue weighted by molar-refractivity contribution is -0.156. The first kappa shape index (κ1) is 22.6. The Kier molecular flexibility index (Phi) is 6.78. The van der Waals surface area contributed by atoms with Crippen LogP contribution in [-0.2, 0) is 9.53 Å². The zero-order valence-electron chi connectivity index (χ0n) is 19.5. The molecule has 0 bridgehead atoms. The summed E-state index contributed by atoms with van der Waals surface area (Å²) in [6.07, 6.45) is 7.25. The number of anilines is 2. The number of hydrogen-bond donors (Lipinski definition) is 1. The van der Waals surface area contributed by atoms with Crippen LogP contribution in [0.2, 0.25) is 0 Å². The van der Waals surface area contributed by atoms with Crippen LogP contribution in [0.1, 0.15) is 45.2 Å². The van der Waals surface area contributed by atoms with E-state index in [9.17, 15) is 4.79 Å². The van der Waals surface area contributed by atoms with E-state index in [0.717, 1.165) is 29.8 Å². The van der Waals surface area contributed by atoms with Crippen molar-refractivity contribution in [1.82, 2.24) is 9.55 Å². The normalized spacial score (nSPS) is 12.5. The molecule has 0 saturated carbocycles. The van der Waals surface area contributed by atoms with Gasteiger partial charge in [0, 0.05) is 23.8 Å². The third-order valence-corrected chi connectivity index (χ3v) is 6.03. The van der Waals surface area contributed by atoms with E-state index in [2.05, 4.69) is 59.7 Å². The maximum atomic E-state index is 13.0. The van der Waals surface area contributed by atoms with Crippen molar-refractivity contribution in [2.24, 2.45) is 5.41 Å². The Bertz CT molecular complexity index is 1200. The molecule has 0 aliphatic rings. The van der Waals surface area contributed by atoms with Crippen molar-refractivity contribution in [2.45, 2.75) is 39.7 Å². The van der Waals surface area contributed by atoms with Crippen LogP contribution >= 0.6 is 0 Å². The predicted octanol–water partition coefficient (Wildman–Crippen LogP) is 6.74. The maximum absolute atomic E-state index is 13.0. The molecule has 1 aromatic heterocycles.